The molecule has 1 N–H and O–H groups in total. The van der Waals surface area contributed by atoms with Crippen molar-refractivity contribution in [2.24, 2.45) is 0 Å². The van der Waals surface area contributed by atoms with Crippen LogP contribution in [0.25, 0.3) is 5.76 Å². The Bertz CT molecular complexity index is 2070. The van der Waals surface area contributed by atoms with Gasteiger partial charge in [0.1, 0.15) is 41.1 Å². The van der Waals surface area contributed by atoms with Crippen LogP contribution in [-0.2, 0) is 20.9 Å². The van der Waals surface area contributed by atoms with Crippen molar-refractivity contribution in [3.8, 4) is 17.2 Å². The summed E-state index contributed by atoms with van der Waals surface area (Å²) in [6, 6.07) is 29.8. The predicted molar refractivity (Wildman–Crippen MR) is 187 cm³/mol. The molecule has 1 aliphatic rings. The van der Waals surface area contributed by atoms with Crippen LogP contribution in [0.15, 0.2) is 121 Å². The first-order valence-electron chi connectivity index (χ1n) is 15.4. The van der Waals surface area contributed by atoms with Crippen LogP contribution in [0, 0.1) is 13.8 Å². The lowest BCUT2D eigenvalue weighted by molar-refractivity contribution is -0.132. The van der Waals surface area contributed by atoms with Crippen LogP contribution in [0.4, 0.5) is 5.13 Å². The topological polar surface area (TPSA) is 115 Å². The second-order valence-corrected chi connectivity index (χ2v) is 12.2. The number of hydrogen-bond donors (Lipinski definition) is 1. The molecule has 1 atom stereocenters. The Balaban J connectivity index is 1.42. The van der Waals surface area contributed by atoms with E-state index in [1.54, 1.807) is 61.5 Å². The summed E-state index contributed by atoms with van der Waals surface area (Å²) < 4.78 is 17.3. The number of thiazole rings is 1. The van der Waals surface area contributed by atoms with E-state index in [1.165, 1.54) is 11.0 Å². The van der Waals surface area contributed by atoms with E-state index in [9.17, 15) is 19.5 Å². The van der Waals surface area contributed by atoms with Crippen molar-refractivity contribution in [3.63, 3.8) is 0 Å². The molecule has 0 bridgehead atoms. The molecule has 0 spiro atoms. The number of aromatic nitrogens is 1. The number of nitrogens with zero attached hydrogens (tertiary/aromatic N) is 2. The number of para-hydroxylation sites is 1. The van der Waals surface area contributed by atoms with E-state index in [1.807, 2.05) is 55.5 Å². The van der Waals surface area contributed by atoms with Gasteiger partial charge in [0.2, 0.25) is 0 Å². The normalized spacial score (nSPS) is 15.2. The SMILES string of the molecule is C=CCOC(=O)c1sc(N2C(=O)C(=O)C(=C(O)c3ccc(OCc4ccccc4)c(C)c3)[C@@H]2c2cccc(Oc3ccccc3)c2)nc1C. The van der Waals surface area contributed by atoms with Crippen LogP contribution in [0.3, 0.4) is 0 Å². The number of anilines is 1. The van der Waals surface area contributed by atoms with Gasteiger partial charge in [-0.3, -0.25) is 14.5 Å². The summed E-state index contributed by atoms with van der Waals surface area (Å²) in [5.41, 5.74) is 2.73. The molecule has 2 heterocycles. The molecule has 49 heavy (non-hydrogen) atoms. The Labute approximate surface area is 287 Å². The maximum atomic E-state index is 13.9. The smallest absolute Gasteiger partial charge is 0.350 e. The Morgan fingerprint density at radius 3 is 2.37 bits per heavy atom. The molecule has 0 aliphatic carbocycles. The number of amides is 1. The third kappa shape index (κ3) is 7.00. The zero-order valence-electron chi connectivity index (χ0n) is 26.8. The second kappa shape index (κ2) is 14.4. The van der Waals surface area contributed by atoms with E-state index < -0.39 is 23.7 Å². The first-order chi connectivity index (χ1) is 23.7. The lowest BCUT2D eigenvalue weighted by Crippen LogP contribution is -2.29. The van der Waals surface area contributed by atoms with Crippen molar-refractivity contribution in [3.05, 3.63) is 154 Å². The molecular weight excluding hydrogens is 641 g/mol. The minimum absolute atomic E-state index is 0.000269. The van der Waals surface area contributed by atoms with Gasteiger partial charge in [0.15, 0.2) is 5.13 Å². The largest absolute Gasteiger partial charge is 0.507 e. The highest BCUT2D eigenvalue weighted by molar-refractivity contribution is 7.17. The summed E-state index contributed by atoms with van der Waals surface area (Å²) in [5, 5.41) is 11.9. The average Bonchev–Trinajstić information content (AvgIpc) is 3.63. The molecule has 9 nitrogen and oxygen atoms in total. The number of rotatable bonds is 11. The molecule has 0 unspecified atom stereocenters. The second-order valence-electron chi connectivity index (χ2n) is 11.2. The molecule has 1 aliphatic heterocycles. The van der Waals surface area contributed by atoms with Gasteiger partial charge in [-0.25, -0.2) is 9.78 Å². The highest BCUT2D eigenvalue weighted by Gasteiger charge is 2.48. The Morgan fingerprint density at radius 1 is 0.939 bits per heavy atom. The molecule has 6 rings (SSSR count). The van der Waals surface area contributed by atoms with E-state index >= 15 is 0 Å². The summed E-state index contributed by atoms with van der Waals surface area (Å²) in [5.74, 6) is -1.14. The van der Waals surface area contributed by atoms with Crippen LogP contribution >= 0.6 is 11.3 Å². The van der Waals surface area contributed by atoms with Crippen LogP contribution in [0.5, 0.6) is 17.2 Å². The molecule has 0 radical (unpaired) electrons. The minimum Gasteiger partial charge on any atom is -0.507 e. The molecule has 0 saturated carbocycles. The number of Topliss-reactive ketones (excluding diaryl/α,β-unsaturated/α-hetero) is 1. The van der Waals surface area contributed by atoms with Crippen molar-refractivity contribution in [1.29, 1.82) is 0 Å². The fourth-order valence-electron chi connectivity index (χ4n) is 5.44. The number of aliphatic hydroxyl groups is 1. The molecular formula is C39H32N2O7S. The maximum Gasteiger partial charge on any atom is 0.350 e. The minimum atomic E-state index is -1.10. The van der Waals surface area contributed by atoms with Crippen molar-refractivity contribution in [2.75, 3.05) is 11.5 Å². The van der Waals surface area contributed by atoms with Crippen LogP contribution < -0.4 is 14.4 Å². The molecule has 10 heteroatoms. The summed E-state index contributed by atoms with van der Waals surface area (Å²) in [6.45, 7) is 7.38. The lowest BCUT2D eigenvalue weighted by Gasteiger charge is -2.23. The Hall–Kier alpha value is -6.00. The fraction of sp³-hybridized carbons (Fsp3) is 0.128. The first kappa shape index (κ1) is 32.9. The number of carbonyl (C=O) groups is 3. The number of benzene rings is 4. The van der Waals surface area contributed by atoms with Crippen molar-refractivity contribution in [2.45, 2.75) is 26.5 Å². The summed E-state index contributed by atoms with van der Waals surface area (Å²) >= 11 is 0.925. The number of carbonyl (C=O) groups excluding carboxylic acids is 3. The zero-order chi connectivity index (χ0) is 34.5. The number of aryl methyl sites for hydroxylation is 2. The highest BCUT2D eigenvalue weighted by atomic mass is 32.1. The van der Waals surface area contributed by atoms with Gasteiger partial charge in [0, 0.05) is 5.56 Å². The number of esters is 1. The summed E-state index contributed by atoms with van der Waals surface area (Å²) in [4.78, 5) is 46.3. The summed E-state index contributed by atoms with van der Waals surface area (Å²) in [7, 11) is 0. The van der Waals surface area contributed by atoms with E-state index in [0.29, 0.717) is 40.7 Å². The molecule has 4 aromatic carbocycles. The van der Waals surface area contributed by atoms with Crippen molar-refractivity contribution < 1.29 is 33.7 Å². The van der Waals surface area contributed by atoms with Gasteiger partial charge in [-0.05, 0) is 73.0 Å². The van der Waals surface area contributed by atoms with Gasteiger partial charge in [0.05, 0.1) is 17.3 Å². The first-order valence-corrected chi connectivity index (χ1v) is 16.2. The van der Waals surface area contributed by atoms with Crippen molar-refractivity contribution in [1.82, 2.24) is 4.98 Å². The lowest BCUT2D eigenvalue weighted by atomic mass is 9.94. The highest BCUT2D eigenvalue weighted by Crippen LogP contribution is 2.45. The molecule has 1 amide bonds. The molecule has 1 fully saturated rings. The van der Waals surface area contributed by atoms with Gasteiger partial charge >= 0.3 is 11.9 Å². The maximum absolute atomic E-state index is 13.9. The molecule has 246 valence electrons. The summed E-state index contributed by atoms with van der Waals surface area (Å²) in [6.07, 6.45) is 1.45. The van der Waals surface area contributed by atoms with Gasteiger partial charge in [-0.15, -0.1) is 0 Å². The standard InChI is InChI=1S/C39H32N2O7S/c1-4-20-46-38(45)36-25(3)40-39(49-36)41-33(27-14-11-17-30(22-27)48-29-15-9-6-10-16-29)32(35(43)37(41)44)34(42)28-18-19-31(24(2)21-28)47-23-26-12-7-5-8-13-26/h4-19,21-22,33,42H,1,20,23H2,2-3H3/t33-/m0/s1. The number of ether oxygens (including phenoxy) is 3. The zero-order valence-corrected chi connectivity index (χ0v) is 27.6. The van der Waals surface area contributed by atoms with E-state index in [2.05, 4.69) is 11.6 Å². The van der Waals surface area contributed by atoms with Crippen molar-refractivity contribution >= 4 is 39.9 Å². The third-order valence-electron chi connectivity index (χ3n) is 7.79. The number of aliphatic hydroxyl groups excluding tert-OH is 1. The molecule has 1 aromatic heterocycles. The van der Waals surface area contributed by atoms with Gasteiger partial charge in [-0.1, -0.05) is 84.7 Å². The molecule has 1 saturated heterocycles. The monoisotopic (exact) mass is 672 g/mol. The third-order valence-corrected chi connectivity index (χ3v) is 8.93. The molecule has 5 aromatic rings. The Morgan fingerprint density at radius 2 is 1.65 bits per heavy atom. The average molecular weight is 673 g/mol. The number of hydrogen-bond acceptors (Lipinski definition) is 9. The van der Waals surface area contributed by atoms with Gasteiger partial charge < -0.3 is 19.3 Å². The number of ketones is 1. The Kier molecular flexibility index (Phi) is 9.68. The van der Waals surface area contributed by atoms with Gasteiger partial charge in [0.25, 0.3) is 5.78 Å². The van der Waals surface area contributed by atoms with Crippen LogP contribution in [-0.4, -0.2) is 34.4 Å². The van der Waals surface area contributed by atoms with E-state index in [0.717, 1.165) is 22.5 Å². The van der Waals surface area contributed by atoms with E-state index in [-0.39, 0.29) is 27.9 Å². The van der Waals surface area contributed by atoms with Gasteiger partial charge in [-0.2, -0.15) is 0 Å². The fourth-order valence-corrected chi connectivity index (χ4v) is 6.43. The predicted octanol–water partition coefficient (Wildman–Crippen LogP) is 8.10. The van der Waals surface area contributed by atoms with Crippen LogP contribution in [0.1, 0.15) is 43.7 Å². The van der Waals surface area contributed by atoms with Crippen LogP contribution in [0.2, 0.25) is 0 Å². The quantitative estimate of drug-likeness (QED) is 0.0492. The van der Waals surface area contributed by atoms with E-state index in [4.69, 9.17) is 14.2 Å².